The van der Waals surface area contributed by atoms with Crippen molar-refractivity contribution in [1.29, 1.82) is 0 Å². The lowest BCUT2D eigenvalue weighted by Crippen LogP contribution is -2.39. The number of ketones is 2. The second-order valence-electron chi connectivity index (χ2n) is 10.6. The number of rotatable bonds is 5. The summed E-state index contributed by atoms with van der Waals surface area (Å²) in [6.07, 6.45) is 4.10. The Morgan fingerprint density at radius 2 is 1.75 bits per heavy atom. The van der Waals surface area contributed by atoms with Crippen LogP contribution >= 0.6 is 15.9 Å². The molecule has 0 spiro atoms. The number of carbonyl (C=O) groups is 4. The number of hydrogen-bond acceptors (Lipinski definition) is 7. The predicted molar refractivity (Wildman–Crippen MR) is 148 cm³/mol. The molecule has 40 heavy (non-hydrogen) atoms. The van der Waals surface area contributed by atoms with Crippen molar-refractivity contribution in [2.45, 2.75) is 25.2 Å². The Kier molecular flexibility index (Phi) is 6.49. The Balaban J connectivity index is 1.40. The number of aromatic hydroxyl groups is 2. The van der Waals surface area contributed by atoms with Crippen LogP contribution in [0.25, 0.3) is 0 Å². The van der Waals surface area contributed by atoms with Crippen molar-refractivity contribution in [3.05, 3.63) is 86.9 Å². The maximum Gasteiger partial charge on any atom is 0.233 e. The van der Waals surface area contributed by atoms with Gasteiger partial charge in [-0.3, -0.25) is 24.1 Å². The van der Waals surface area contributed by atoms with Crippen LogP contribution in [0.1, 0.15) is 29.9 Å². The lowest BCUT2D eigenvalue weighted by atomic mass is 9.59. The molecule has 4 aliphatic rings. The summed E-state index contributed by atoms with van der Waals surface area (Å²) < 4.78 is 5.53. The monoisotopic (exact) mass is 603 g/mol. The molecule has 1 fully saturated rings. The average molecular weight is 604 g/mol. The number of halogens is 1. The maximum absolute atomic E-state index is 13.8. The number of phenolic OH excluding ortho intramolecular Hbond substituents is 2. The van der Waals surface area contributed by atoms with Gasteiger partial charge < -0.3 is 14.9 Å². The summed E-state index contributed by atoms with van der Waals surface area (Å²) in [4.78, 5) is 55.3. The minimum atomic E-state index is -0.757. The van der Waals surface area contributed by atoms with Crippen molar-refractivity contribution >= 4 is 39.3 Å². The van der Waals surface area contributed by atoms with Gasteiger partial charge >= 0.3 is 0 Å². The van der Waals surface area contributed by atoms with Gasteiger partial charge in [-0.1, -0.05) is 23.8 Å². The number of fused-ring (bicyclic) bond motifs is 3. The number of likely N-dealkylation sites (tertiary alicyclic amines) is 1. The smallest absolute Gasteiger partial charge is 0.233 e. The first-order valence-electron chi connectivity index (χ1n) is 13.1. The van der Waals surface area contributed by atoms with Crippen molar-refractivity contribution in [2.75, 3.05) is 13.7 Å². The second kappa shape index (κ2) is 9.89. The van der Waals surface area contributed by atoms with Crippen molar-refractivity contribution in [2.24, 2.45) is 17.8 Å². The van der Waals surface area contributed by atoms with Crippen LogP contribution in [-0.2, 0) is 25.6 Å². The van der Waals surface area contributed by atoms with Gasteiger partial charge in [0.15, 0.2) is 11.6 Å². The highest BCUT2D eigenvalue weighted by Gasteiger charge is 2.56. The van der Waals surface area contributed by atoms with E-state index in [0.717, 1.165) is 11.1 Å². The van der Waals surface area contributed by atoms with Crippen molar-refractivity contribution in [3.63, 3.8) is 0 Å². The van der Waals surface area contributed by atoms with Gasteiger partial charge in [0.05, 0.1) is 23.4 Å². The average Bonchev–Trinajstić information content (AvgIpc) is 3.19. The molecule has 6 rings (SSSR count). The minimum absolute atomic E-state index is 0.0560. The lowest BCUT2D eigenvalue weighted by molar-refractivity contribution is -0.140. The first kappa shape index (κ1) is 26.3. The third-order valence-corrected chi connectivity index (χ3v) is 9.12. The molecule has 8 nitrogen and oxygen atoms in total. The molecule has 9 heteroatoms. The van der Waals surface area contributed by atoms with Gasteiger partial charge in [-0.2, -0.15) is 0 Å². The minimum Gasteiger partial charge on any atom is -0.508 e. The Bertz CT molecular complexity index is 1570. The molecule has 0 radical (unpaired) electrons. The van der Waals surface area contributed by atoms with Crippen LogP contribution in [0.3, 0.4) is 0 Å². The quantitative estimate of drug-likeness (QED) is 0.300. The molecule has 2 aromatic carbocycles. The molecular weight excluding hydrogens is 578 g/mol. The standard InChI is InChI=1S/C31H26BrNO7/c1-40-17-6-9-24(35)21(12-17)26-18-7-8-19-27(20(18)13-22-28(26)25(36)14-23(32)29(22)37)31(39)33(30(19)38)11-10-15-2-4-16(34)5-3-15/h2-7,9,12,14,19-20,26-27,34-35H,8,10-11,13H2,1H3/t19-,20+,26+,27-/m0/s1. The number of imide groups is 1. The van der Waals surface area contributed by atoms with Gasteiger partial charge in [0.1, 0.15) is 17.2 Å². The Labute approximate surface area is 238 Å². The van der Waals surface area contributed by atoms with E-state index in [4.69, 9.17) is 4.74 Å². The van der Waals surface area contributed by atoms with E-state index in [1.165, 1.54) is 24.2 Å². The molecule has 1 aliphatic heterocycles. The fraction of sp³-hybridized carbons (Fsp3) is 0.290. The SMILES string of the molecule is COc1ccc(O)c([C@H]2C3=CC[C@@H]4C(=O)N(CCc5ccc(O)cc5)C(=O)[C@@H]4[C@@H]3CC3=C2C(=O)C=C(Br)C3=O)c1. The van der Waals surface area contributed by atoms with E-state index >= 15 is 0 Å². The molecule has 1 saturated heterocycles. The highest BCUT2D eigenvalue weighted by atomic mass is 79.9. The fourth-order valence-electron chi connectivity index (χ4n) is 6.64. The highest BCUT2D eigenvalue weighted by Crippen LogP contribution is 2.56. The van der Waals surface area contributed by atoms with Gasteiger partial charge in [-0.25, -0.2) is 0 Å². The van der Waals surface area contributed by atoms with E-state index in [-0.39, 0.29) is 52.3 Å². The molecule has 0 bridgehead atoms. The summed E-state index contributed by atoms with van der Waals surface area (Å²) in [6, 6.07) is 11.4. The largest absolute Gasteiger partial charge is 0.508 e. The fourth-order valence-corrected chi connectivity index (χ4v) is 7.09. The topological polar surface area (TPSA) is 121 Å². The van der Waals surface area contributed by atoms with Crippen LogP contribution < -0.4 is 4.74 Å². The van der Waals surface area contributed by atoms with Crippen LogP contribution in [0.15, 0.2) is 75.8 Å². The van der Waals surface area contributed by atoms with Crippen LogP contribution in [-0.4, -0.2) is 52.1 Å². The number of hydrogen-bond donors (Lipinski definition) is 2. The summed E-state index contributed by atoms with van der Waals surface area (Å²) in [5, 5.41) is 20.5. The molecule has 2 amide bonds. The Hall–Kier alpha value is -3.98. The van der Waals surface area contributed by atoms with E-state index in [1.807, 2.05) is 6.08 Å². The molecule has 204 valence electrons. The Morgan fingerprint density at radius 3 is 2.48 bits per heavy atom. The van der Waals surface area contributed by atoms with Gasteiger partial charge in [0, 0.05) is 35.2 Å². The van der Waals surface area contributed by atoms with Crippen LogP contribution in [0, 0.1) is 17.8 Å². The summed E-state index contributed by atoms with van der Waals surface area (Å²) in [5.41, 5.74) is 2.65. The molecule has 2 aromatic rings. The number of methoxy groups -OCH3 is 1. The number of amides is 2. The molecule has 0 aromatic heterocycles. The summed E-state index contributed by atoms with van der Waals surface area (Å²) in [6.45, 7) is 0.206. The van der Waals surface area contributed by atoms with Crippen molar-refractivity contribution in [1.82, 2.24) is 4.90 Å². The zero-order valence-corrected chi connectivity index (χ0v) is 23.2. The third kappa shape index (κ3) is 4.11. The molecule has 0 saturated carbocycles. The summed E-state index contributed by atoms with van der Waals surface area (Å²) >= 11 is 3.22. The van der Waals surface area contributed by atoms with Gasteiger partial charge in [0.2, 0.25) is 11.8 Å². The summed E-state index contributed by atoms with van der Waals surface area (Å²) in [5.74, 6) is -3.11. The molecule has 2 N–H and O–H groups in total. The van der Waals surface area contributed by atoms with Gasteiger partial charge in [-0.15, -0.1) is 0 Å². The number of allylic oxidation sites excluding steroid dienone is 6. The Morgan fingerprint density at radius 1 is 1.00 bits per heavy atom. The van der Waals surface area contributed by atoms with Gasteiger partial charge in [-0.05, 0) is 77.0 Å². The maximum atomic E-state index is 13.8. The number of nitrogens with zero attached hydrogens (tertiary/aromatic N) is 1. The first-order chi connectivity index (χ1) is 19.2. The number of ether oxygens (including phenoxy) is 1. The molecule has 4 atom stereocenters. The predicted octanol–water partition coefficient (Wildman–Crippen LogP) is 4.11. The normalized spacial score (nSPS) is 25.8. The first-order valence-corrected chi connectivity index (χ1v) is 13.9. The second-order valence-corrected chi connectivity index (χ2v) is 11.4. The molecule has 1 heterocycles. The van der Waals surface area contributed by atoms with Gasteiger partial charge in [0.25, 0.3) is 0 Å². The molecule has 3 aliphatic carbocycles. The third-order valence-electron chi connectivity index (χ3n) is 8.53. The molecular formula is C31H26BrNO7. The zero-order valence-electron chi connectivity index (χ0n) is 21.6. The number of benzene rings is 2. The van der Waals surface area contributed by atoms with E-state index in [0.29, 0.717) is 35.3 Å². The van der Waals surface area contributed by atoms with E-state index in [1.54, 1.807) is 36.4 Å². The van der Waals surface area contributed by atoms with Crippen LogP contribution in [0.5, 0.6) is 17.2 Å². The van der Waals surface area contributed by atoms with Crippen molar-refractivity contribution < 1.29 is 34.1 Å². The number of carbonyl (C=O) groups excluding carboxylic acids is 4. The molecule has 0 unspecified atom stereocenters. The van der Waals surface area contributed by atoms with E-state index < -0.39 is 23.7 Å². The number of Topliss-reactive ketones (excluding diaryl/α,β-unsaturated/α-hetero) is 1. The van der Waals surface area contributed by atoms with Crippen LogP contribution in [0.2, 0.25) is 0 Å². The van der Waals surface area contributed by atoms with Crippen molar-refractivity contribution in [3.8, 4) is 17.2 Å². The van der Waals surface area contributed by atoms with E-state index in [2.05, 4.69) is 15.9 Å². The zero-order chi connectivity index (χ0) is 28.3. The lowest BCUT2D eigenvalue weighted by Gasteiger charge is -2.42. The van der Waals surface area contributed by atoms with Crippen LogP contribution in [0.4, 0.5) is 0 Å². The van der Waals surface area contributed by atoms with E-state index in [9.17, 15) is 29.4 Å². The summed E-state index contributed by atoms with van der Waals surface area (Å²) in [7, 11) is 1.50. The number of phenols is 2. The highest BCUT2D eigenvalue weighted by molar-refractivity contribution is 9.12.